The number of halogens is 2. The van der Waals surface area contributed by atoms with Crippen LogP contribution in [0, 0.1) is 0 Å². The van der Waals surface area contributed by atoms with E-state index in [-0.39, 0.29) is 22.8 Å². The van der Waals surface area contributed by atoms with E-state index in [2.05, 4.69) is 4.98 Å². The Hall–Kier alpha value is -1.78. The Morgan fingerprint density at radius 1 is 1.12 bits per heavy atom. The smallest absolute Gasteiger partial charge is 0.274 e. The van der Waals surface area contributed by atoms with Gasteiger partial charge in [-0.2, -0.15) is 0 Å². The Morgan fingerprint density at radius 3 is 2.60 bits per heavy atom. The number of carbonyl (C=O) groups excluding carboxylic acids is 1. The number of hydrogen-bond donors (Lipinski definition) is 0. The molecule has 1 amide bonds. The van der Waals surface area contributed by atoms with Crippen molar-refractivity contribution >= 4 is 29.1 Å². The van der Waals surface area contributed by atoms with E-state index in [4.69, 9.17) is 27.9 Å². The van der Waals surface area contributed by atoms with E-state index in [1.165, 1.54) is 0 Å². The number of pyridine rings is 1. The van der Waals surface area contributed by atoms with Crippen molar-refractivity contribution in [1.29, 1.82) is 0 Å². The summed E-state index contributed by atoms with van der Waals surface area (Å²) in [7, 11) is 1.64. The van der Waals surface area contributed by atoms with Crippen LogP contribution >= 0.6 is 23.2 Å². The molecule has 1 atom stereocenters. The van der Waals surface area contributed by atoms with Crippen molar-refractivity contribution in [3.05, 3.63) is 57.8 Å². The van der Waals surface area contributed by atoms with Crippen LogP contribution in [0.4, 0.5) is 0 Å². The standard InChI is InChI=1S/C19H20Cl2N2O2/c1-25-14-8-6-13(7-9-14)16-5-3-2-4-12-23(16)19(24)18-15(20)10-11-17(21)22-18/h6-11,16H,2-5,12H2,1H3. The van der Waals surface area contributed by atoms with Crippen molar-refractivity contribution in [2.75, 3.05) is 13.7 Å². The largest absolute Gasteiger partial charge is 0.497 e. The maximum absolute atomic E-state index is 13.1. The average Bonchev–Trinajstić information content (AvgIpc) is 2.89. The van der Waals surface area contributed by atoms with E-state index in [1.54, 1.807) is 19.2 Å². The number of hydrogen-bond acceptors (Lipinski definition) is 3. The van der Waals surface area contributed by atoms with Gasteiger partial charge in [0, 0.05) is 6.54 Å². The van der Waals surface area contributed by atoms with Gasteiger partial charge in [0.05, 0.1) is 18.2 Å². The fraction of sp³-hybridized carbons (Fsp3) is 0.368. The lowest BCUT2D eigenvalue weighted by molar-refractivity contribution is 0.0675. The number of rotatable bonds is 3. The Morgan fingerprint density at radius 2 is 1.88 bits per heavy atom. The lowest BCUT2D eigenvalue weighted by atomic mass is 10.0. The highest BCUT2D eigenvalue weighted by molar-refractivity contribution is 6.34. The maximum atomic E-state index is 13.1. The molecule has 0 bridgehead atoms. The summed E-state index contributed by atoms with van der Waals surface area (Å²) in [5.74, 6) is 0.630. The molecule has 3 rings (SSSR count). The molecule has 1 aliphatic heterocycles. The number of ether oxygens (including phenoxy) is 1. The molecule has 132 valence electrons. The Balaban J connectivity index is 1.94. The normalized spacial score (nSPS) is 17.9. The number of amides is 1. The van der Waals surface area contributed by atoms with Crippen molar-refractivity contribution < 1.29 is 9.53 Å². The lowest BCUT2D eigenvalue weighted by Crippen LogP contribution is -2.35. The molecule has 4 nitrogen and oxygen atoms in total. The van der Waals surface area contributed by atoms with Crippen molar-refractivity contribution in [2.24, 2.45) is 0 Å². The highest BCUT2D eigenvalue weighted by Gasteiger charge is 2.29. The SMILES string of the molecule is COc1ccc(C2CCCCCN2C(=O)c2nc(Cl)ccc2Cl)cc1. The minimum absolute atomic E-state index is 0.00208. The number of methoxy groups -OCH3 is 1. The second-order valence-corrected chi connectivity index (χ2v) is 6.90. The van der Waals surface area contributed by atoms with Gasteiger partial charge in [0.2, 0.25) is 0 Å². The van der Waals surface area contributed by atoms with Gasteiger partial charge >= 0.3 is 0 Å². The van der Waals surface area contributed by atoms with Gasteiger partial charge in [0.25, 0.3) is 5.91 Å². The highest BCUT2D eigenvalue weighted by Crippen LogP contribution is 2.33. The van der Waals surface area contributed by atoms with Gasteiger partial charge in [-0.3, -0.25) is 4.79 Å². The summed E-state index contributed by atoms with van der Waals surface area (Å²) in [6.45, 7) is 0.681. The Bertz CT molecular complexity index is 750. The predicted octanol–water partition coefficient (Wildman–Crippen LogP) is 5.15. The second kappa shape index (κ2) is 8.07. The number of benzene rings is 1. The van der Waals surface area contributed by atoms with Gasteiger partial charge in [0.15, 0.2) is 0 Å². The van der Waals surface area contributed by atoms with E-state index < -0.39 is 0 Å². The molecule has 6 heteroatoms. The van der Waals surface area contributed by atoms with E-state index in [9.17, 15) is 4.79 Å². The van der Waals surface area contributed by atoms with Gasteiger partial charge in [-0.15, -0.1) is 0 Å². The summed E-state index contributed by atoms with van der Waals surface area (Å²) in [5, 5.41) is 0.593. The van der Waals surface area contributed by atoms with Crippen molar-refractivity contribution in [3.8, 4) is 5.75 Å². The molecule has 1 aromatic heterocycles. The van der Waals surface area contributed by atoms with E-state index in [0.29, 0.717) is 11.6 Å². The fourth-order valence-corrected chi connectivity index (χ4v) is 3.56. The zero-order chi connectivity index (χ0) is 17.8. The summed E-state index contributed by atoms with van der Waals surface area (Å²) in [4.78, 5) is 19.2. The summed E-state index contributed by atoms with van der Waals surface area (Å²) in [6.07, 6.45) is 4.07. The summed E-state index contributed by atoms with van der Waals surface area (Å²) >= 11 is 12.2. The first-order chi connectivity index (χ1) is 12.1. The van der Waals surface area contributed by atoms with E-state index in [0.717, 1.165) is 37.0 Å². The first kappa shape index (κ1) is 18.0. The second-order valence-electron chi connectivity index (χ2n) is 6.10. The summed E-state index contributed by atoms with van der Waals surface area (Å²) in [6, 6.07) is 11.1. The molecule has 0 spiro atoms. The van der Waals surface area contributed by atoms with Crippen molar-refractivity contribution in [1.82, 2.24) is 9.88 Å². The zero-order valence-corrected chi connectivity index (χ0v) is 15.6. The van der Waals surface area contributed by atoms with Gasteiger partial charge in [-0.1, -0.05) is 48.2 Å². The molecular formula is C19H20Cl2N2O2. The third kappa shape index (κ3) is 4.07. The molecule has 1 unspecified atom stereocenters. The molecule has 25 heavy (non-hydrogen) atoms. The summed E-state index contributed by atoms with van der Waals surface area (Å²) < 4.78 is 5.23. The minimum Gasteiger partial charge on any atom is -0.497 e. The van der Waals surface area contributed by atoms with Gasteiger partial charge in [-0.05, 0) is 42.7 Å². The molecule has 1 saturated heterocycles. The van der Waals surface area contributed by atoms with Crippen molar-refractivity contribution in [3.63, 3.8) is 0 Å². The third-order valence-electron chi connectivity index (χ3n) is 4.53. The van der Waals surface area contributed by atoms with Crippen molar-refractivity contribution in [2.45, 2.75) is 31.7 Å². The maximum Gasteiger partial charge on any atom is 0.274 e. The van der Waals surface area contributed by atoms with Crippen LogP contribution < -0.4 is 4.74 Å². The lowest BCUT2D eigenvalue weighted by Gasteiger charge is -2.30. The molecule has 1 aliphatic rings. The molecule has 0 aliphatic carbocycles. The number of likely N-dealkylation sites (tertiary alicyclic amines) is 1. The zero-order valence-electron chi connectivity index (χ0n) is 14.0. The van der Waals surface area contributed by atoms with Crippen LogP contribution in [0.3, 0.4) is 0 Å². The van der Waals surface area contributed by atoms with Gasteiger partial charge < -0.3 is 9.64 Å². The first-order valence-corrected chi connectivity index (χ1v) is 9.12. The highest BCUT2D eigenvalue weighted by atomic mass is 35.5. The minimum atomic E-state index is -0.171. The molecule has 0 radical (unpaired) electrons. The third-order valence-corrected chi connectivity index (χ3v) is 5.04. The van der Waals surface area contributed by atoms with Crippen LogP contribution in [-0.4, -0.2) is 29.4 Å². The summed E-state index contributed by atoms with van der Waals surface area (Å²) in [5.41, 5.74) is 1.31. The molecule has 0 saturated carbocycles. The van der Waals surface area contributed by atoms with Crippen LogP contribution in [0.2, 0.25) is 10.2 Å². The van der Waals surface area contributed by atoms with E-state index in [1.807, 2.05) is 29.2 Å². The van der Waals surface area contributed by atoms with Crippen LogP contribution in [0.1, 0.15) is 47.8 Å². The monoisotopic (exact) mass is 378 g/mol. The van der Waals surface area contributed by atoms with Crippen LogP contribution in [0.5, 0.6) is 5.75 Å². The fourth-order valence-electron chi connectivity index (χ4n) is 3.23. The Kier molecular flexibility index (Phi) is 5.82. The molecular weight excluding hydrogens is 359 g/mol. The first-order valence-electron chi connectivity index (χ1n) is 8.37. The van der Waals surface area contributed by atoms with Crippen LogP contribution in [0.15, 0.2) is 36.4 Å². The molecule has 2 aromatic rings. The quantitative estimate of drug-likeness (QED) is 0.693. The van der Waals surface area contributed by atoms with Gasteiger partial charge in [0.1, 0.15) is 16.6 Å². The number of nitrogens with zero attached hydrogens (tertiary/aromatic N) is 2. The predicted molar refractivity (Wildman–Crippen MR) is 99.5 cm³/mol. The molecule has 2 heterocycles. The number of aromatic nitrogens is 1. The van der Waals surface area contributed by atoms with Crippen LogP contribution in [-0.2, 0) is 0 Å². The van der Waals surface area contributed by atoms with E-state index >= 15 is 0 Å². The van der Waals surface area contributed by atoms with Gasteiger partial charge in [-0.25, -0.2) is 4.98 Å². The number of carbonyl (C=O) groups is 1. The average molecular weight is 379 g/mol. The Labute approximate surface area is 157 Å². The topological polar surface area (TPSA) is 42.4 Å². The molecule has 1 aromatic carbocycles. The van der Waals surface area contributed by atoms with Crippen LogP contribution in [0.25, 0.3) is 0 Å². The molecule has 1 fully saturated rings. The molecule has 0 N–H and O–H groups in total.